The molecule has 0 unspecified atom stereocenters. The molecule has 0 amide bonds. The van der Waals surface area contributed by atoms with Crippen LogP contribution >= 0.6 is 0 Å². The van der Waals surface area contributed by atoms with E-state index in [1.165, 1.54) is 16.7 Å². The Kier molecular flexibility index (Phi) is 4.21. The average molecular weight is 243 g/mol. The molecule has 1 aliphatic rings. The molecule has 18 heavy (non-hydrogen) atoms. The minimum absolute atomic E-state index is 0.925. The van der Waals surface area contributed by atoms with Crippen molar-refractivity contribution in [2.45, 2.75) is 12.8 Å². The number of fused-ring (bicyclic) bond motifs is 1. The molecule has 2 nitrogen and oxygen atoms in total. The van der Waals surface area contributed by atoms with Crippen LogP contribution in [0, 0.1) is 0 Å². The van der Waals surface area contributed by atoms with E-state index in [1.807, 2.05) is 12.1 Å². The van der Waals surface area contributed by atoms with Gasteiger partial charge >= 0.3 is 0 Å². The van der Waals surface area contributed by atoms with E-state index >= 15 is 0 Å². The van der Waals surface area contributed by atoms with Gasteiger partial charge in [-0.3, -0.25) is 4.90 Å². The van der Waals surface area contributed by atoms with Crippen molar-refractivity contribution >= 4 is 5.57 Å². The monoisotopic (exact) mass is 243 g/mol. The number of methoxy groups -OCH3 is 1. The average Bonchev–Trinajstić information content (AvgIpc) is 2.79. The van der Waals surface area contributed by atoms with Crippen LogP contribution in [-0.2, 0) is 6.42 Å². The SMILES string of the molecule is C=CCN(C)C/C=C1\CCc2ccc(OC)cc21. The first-order valence-corrected chi connectivity index (χ1v) is 6.40. The van der Waals surface area contributed by atoms with Gasteiger partial charge in [0.1, 0.15) is 5.75 Å². The Bertz CT molecular complexity index is 462. The van der Waals surface area contributed by atoms with E-state index in [4.69, 9.17) is 4.74 Å². The molecule has 1 aromatic rings. The Labute approximate surface area is 110 Å². The molecule has 96 valence electrons. The van der Waals surface area contributed by atoms with E-state index in [-0.39, 0.29) is 0 Å². The fourth-order valence-corrected chi connectivity index (χ4v) is 2.38. The first kappa shape index (κ1) is 12.9. The third-order valence-electron chi connectivity index (χ3n) is 3.42. The molecule has 1 aromatic carbocycles. The van der Waals surface area contributed by atoms with Crippen molar-refractivity contribution < 1.29 is 4.74 Å². The zero-order valence-corrected chi connectivity index (χ0v) is 11.3. The summed E-state index contributed by atoms with van der Waals surface area (Å²) in [5, 5.41) is 0. The van der Waals surface area contributed by atoms with Gasteiger partial charge in [0.2, 0.25) is 0 Å². The number of hydrogen-bond acceptors (Lipinski definition) is 2. The second-order valence-corrected chi connectivity index (χ2v) is 4.76. The van der Waals surface area contributed by atoms with E-state index in [0.29, 0.717) is 0 Å². The maximum absolute atomic E-state index is 5.30. The quantitative estimate of drug-likeness (QED) is 0.737. The summed E-state index contributed by atoms with van der Waals surface area (Å²) in [5.74, 6) is 0.945. The molecule has 0 spiro atoms. The first-order valence-electron chi connectivity index (χ1n) is 6.40. The van der Waals surface area contributed by atoms with Crippen LogP contribution in [0.1, 0.15) is 17.5 Å². The highest BCUT2D eigenvalue weighted by atomic mass is 16.5. The van der Waals surface area contributed by atoms with Crippen molar-refractivity contribution in [2.24, 2.45) is 0 Å². The van der Waals surface area contributed by atoms with E-state index in [2.05, 4.69) is 36.7 Å². The minimum atomic E-state index is 0.925. The minimum Gasteiger partial charge on any atom is -0.497 e. The second kappa shape index (κ2) is 5.87. The number of hydrogen-bond donors (Lipinski definition) is 0. The highest BCUT2D eigenvalue weighted by molar-refractivity contribution is 5.73. The maximum Gasteiger partial charge on any atom is 0.119 e. The van der Waals surface area contributed by atoms with Crippen LogP contribution in [0.4, 0.5) is 0 Å². The smallest absolute Gasteiger partial charge is 0.119 e. The van der Waals surface area contributed by atoms with Gasteiger partial charge < -0.3 is 4.74 Å². The highest BCUT2D eigenvalue weighted by Gasteiger charge is 2.16. The predicted octanol–water partition coefficient (Wildman–Crippen LogP) is 3.14. The molecule has 0 N–H and O–H groups in total. The highest BCUT2D eigenvalue weighted by Crippen LogP contribution is 2.34. The van der Waals surface area contributed by atoms with Gasteiger partial charge in [0, 0.05) is 13.1 Å². The number of rotatable bonds is 5. The van der Waals surface area contributed by atoms with Crippen molar-refractivity contribution in [3.05, 3.63) is 48.1 Å². The summed E-state index contributed by atoms with van der Waals surface area (Å²) >= 11 is 0. The van der Waals surface area contributed by atoms with E-state index < -0.39 is 0 Å². The molecule has 0 heterocycles. The standard InChI is InChI=1S/C16H21NO/c1-4-10-17(2)11-9-14-6-5-13-7-8-15(18-3)12-16(13)14/h4,7-9,12H,1,5-6,10-11H2,2-3H3/b14-9+. The molecular formula is C16H21NO. The van der Waals surface area contributed by atoms with Crippen LogP contribution in [0.2, 0.25) is 0 Å². The van der Waals surface area contributed by atoms with E-state index in [9.17, 15) is 0 Å². The zero-order valence-electron chi connectivity index (χ0n) is 11.3. The molecule has 0 atom stereocenters. The van der Waals surface area contributed by atoms with Crippen molar-refractivity contribution in [3.8, 4) is 5.75 Å². The lowest BCUT2D eigenvalue weighted by Crippen LogP contribution is -2.17. The van der Waals surface area contributed by atoms with Gasteiger partial charge in [0.15, 0.2) is 0 Å². The van der Waals surface area contributed by atoms with Crippen LogP contribution in [0.5, 0.6) is 5.75 Å². The molecule has 2 rings (SSSR count). The summed E-state index contributed by atoms with van der Waals surface area (Å²) in [6, 6.07) is 6.38. The normalized spacial score (nSPS) is 16.1. The molecule has 0 bridgehead atoms. The summed E-state index contributed by atoms with van der Waals surface area (Å²) in [4.78, 5) is 2.25. The van der Waals surface area contributed by atoms with Gasteiger partial charge in [-0.15, -0.1) is 6.58 Å². The van der Waals surface area contributed by atoms with Crippen molar-refractivity contribution in [2.75, 3.05) is 27.2 Å². The molecule has 0 saturated carbocycles. The van der Waals surface area contributed by atoms with Crippen LogP contribution in [-0.4, -0.2) is 32.1 Å². The lowest BCUT2D eigenvalue weighted by molar-refractivity contribution is 0.413. The third-order valence-corrected chi connectivity index (χ3v) is 3.42. The number of benzene rings is 1. The van der Waals surface area contributed by atoms with Gasteiger partial charge in [-0.25, -0.2) is 0 Å². The number of likely N-dealkylation sites (N-methyl/N-ethyl adjacent to an activating group) is 1. The molecule has 0 aliphatic heterocycles. The van der Waals surface area contributed by atoms with Crippen LogP contribution in [0.15, 0.2) is 36.9 Å². The Morgan fingerprint density at radius 3 is 2.89 bits per heavy atom. The fourth-order valence-electron chi connectivity index (χ4n) is 2.38. The van der Waals surface area contributed by atoms with Gasteiger partial charge in [-0.05, 0) is 48.7 Å². The molecule has 0 saturated heterocycles. The van der Waals surface area contributed by atoms with Crippen molar-refractivity contribution in [1.82, 2.24) is 4.90 Å². The lowest BCUT2D eigenvalue weighted by Gasteiger charge is -2.12. The van der Waals surface area contributed by atoms with Gasteiger partial charge in [-0.2, -0.15) is 0 Å². The van der Waals surface area contributed by atoms with Crippen LogP contribution in [0.25, 0.3) is 5.57 Å². The summed E-state index contributed by atoms with van der Waals surface area (Å²) < 4.78 is 5.30. The molecule has 0 aromatic heterocycles. The maximum atomic E-state index is 5.30. The lowest BCUT2D eigenvalue weighted by atomic mass is 10.1. The van der Waals surface area contributed by atoms with Crippen molar-refractivity contribution in [1.29, 1.82) is 0 Å². The third kappa shape index (κ3) is 2.82. The molecule has 1 aliphatic carbocycles. The Hall–Kier alpha value is -1.54. The predicted molar refractivity (Wildman–Crippen MR) is 77.0 cm³/mol. The summed E-state index contributed by atoms with van der Waals surface area (Å²) in [5.41, 5.74) is 4.24. The number of nitrogens with zero attached hydrogens (tertiary/aromatic N) is 1. The second-order valence-electron chi connectivity index (χ2n) is 4.76. The molecule has 0 fully saturated rings. The Morgan fingerprint density at radius 1 is 1.33 bits per heavy atom. The van der Waals surface area contributed by atoms with Crippen molar-refractivity contribution in [3.63, 3.8) is 0 Å². The largest absolute Gasteiger partial charge is 0.497 e. The molecule has 0 radical (unpaired) electrons. The first-order chi connectivity index (χ1) is 8.74. The molecule has 2 heteroatoms. The summed E-state index contributed by atoms with van der Waals surface area (Å²) in [6.07, 6.45) is 6.56. The Morgan fingerprint density at radius 2 is 2.17 bits per heavy atom. The van der Waals surface area contributed by atoms with E-state index in [0.717, 1.165) is 31.7 Å². The van der Waals surface area contributed by atoms with Gasteiger partial charge in [0.05, 0.1) is 7.11 Å². The number of ether oxygens (including phenoxy) is 1. The Balaban J connectivity index is 2.14. The number of aryl methyl sites for hydroxylation is 1. The van der Waals surface area contributed by atoms with E-state index in [1.54, 1.807) is 7.11 Å². The van der Waals surface area contributed by atoms with Gasteiger partial charge in [-0.1, -0.05) is 18.2 Å². The number of allylic oxidation sites excluding steroid dienone is 1. The van der Waals surface area contributed by atoms with Gasteiger partial charge in [0.25, 0.3) is 0 Å². The fraction of sp³-hybridized carbons (Fsp3) is 0.375. The summed E-state index contributed by atoms with van der Waals surface area (Å²) in [7, 11) is 3.83. The van der Waals surface area contributed by atoms with Crippen LogP contribution in [0.3, 0.4) is 0 Å². The topological polar surface area (TPSA) is 12.5 Å². The van der Waals surface area contributed by atoms with Crippen LogP contribution < -0.4 is 4.74 Å². The summed E-state index contributed by atoms with van der Waals surface area (Å²) in [6.45, 7) is 5.66. The zero-order chi connectivity index (χ0) is 13.0. The molecular weight excluding hydrogens is 222 g/mol.